The Hall–Kier alpha value is -4.34. The highest BCUT2D eigenvalue weighted by Crippen LogP contribution is 2.37. The number of rotatable bonds is 6. The van der Waals surface area contributed by atoms with Crippen molar-refractivity contribution in [3.05, 3.63) is 59.0 Å². The lowest BCUT2D eigenvalue weighted by molar-refractivity contribution is 0.0155. The third-order valence-corrected chi connectivity index (χ3v) is 8.73. The second-order valence-electron chi connectivity index (χ2n) is 12.7. The van der Waals surface area contributed by atoms with Gasteiger partial charge in [-0.25, -0.2) is 15.8 Å². The monoisotopic (exact) mass is 646 g/mol. The third kappa shape index (κ3) is 6.34. The number of aromatic nitrogens is 4. The number of halogens is 2. The Kier molecular flexibility index (Phi) is 8.81. The SMILES string of the molecule is [C-]#[N+]C[C@H]1CN(c2nc(OC[C@@H]3CCCN3C)nc3c(F)c(-c4cncc5cccc(Cl)c45)ncc23)CCN1C(=O)OC(C)(C)C. The van der Waals surface area contributed by atoms with E-state index in [2.05, 4.69) is 31.7 Å². The molecule has 0 aliphatic carbocycles. The minimum Gasteiger partial charge on any atom is -0.462 e. The number of hydrogen-bond acceptors (Lipinski definition) is 9. The molecule has 2 saturated heterocycles. The number of anilines is 1. The largest absolute Gasteiger partial charge is 0.462 e. The maximum atomic E-state index is 16.7. The van der Waals surface area contributed by atoms with E-state index in [9.17, 15) is 4.79 Å². The zero-order valence-corrected chi connectivity index (χ0v) is 27.1. The quantitative estimate of drug-likeness (QED) is 0.239. The van der Waals surface area contributed by atoms with E-state index in [1.807, 2.05) is 17.0 Å². The van der Waals surface area contributed by atoms with E-state index >= 15 is 4.39 Å². The molecule has 0 radical (unpaired) electrons. The highest BCUT2D eigenvalue weighted by molar-refractivity contribution is 6.36. The summed E-state index contributed by atoms with van der Waals surface area (Å²) in [5.74, 6) is -0.228. The Balaban J connectivity index is 1.42. The van der Waals surface area contributed by atoms with E-state index in [1.54, 1.807) is 50.3 Å². The van der Waals surface area contributed by atoms with E-state index in [4.69, 9.17) is 32.6 Å². The maximum Gasteiger partial charge on any atom is 0.410 e. The van der Waals surface area contributed by atoms with Gasteiger partial charge >= 0.3 is 12.1 Å². The van der Waals surface area contributed by atoms with E-state index in [-0.39, 0.29) is 42.9 Å². The summed E-state index contributed by atoms with van der Waals surface area (Å²) >= 11 is 6.57. The lowest BCUT2D eigenvalue weighted by atomic mass is 10.0. The molecule has 2 aliphatic rings. The molecule has 4 aromatic rings. The molecule has 2 aliphatic heterocycles. The molecule has 1 amide bonds. The fraction of sp³-hybridized carbons (Fsp3) is 0.455. The number of fused-ring (bicyclic) bond motifs is 2. The normalized spacial score (nSPS) is 19.1. The molecule has 0 unspecified atom stereocenters. The number of amides is 1. The molecule has 11 nitrogen and oxygen atoms in total. The number of likely N-dealkylation sites (N-methyl/N-ethyl adjacent to an activating group) is 1. The number of piperazine rings is 1. The van der Waals surface area contributed by atoms with E-state index in [1.165, 1.54) is 0 Å². The van der Waals surface area contributed by atoms with Crippen LogP contribution in [0.2, 0.25) is 5.02 Å². The summed E-state index contributed by atoms with van der Waals surface area (Å²) < 4.78 is 28.4. The Morgan fingerprint density at radius 3 is 2.72 bits per heavy atom. The first-order valence-corrected chi connectivity index (χ1v) is 15.7. The van der Waals surface area contributed by atoms with Crippen LogP contribution in [0, 0.1) is 12.4 Å². The Morgan fingerprint density at radius 2 is 1.98 bits per heavy atom. The summed E-state index contributed by atoms with van der Waals surface area (Å²) in [6, 6.07) is 5.20. The van der Waals surface area contributed by atoms with Gasteiger partial charge in [0.15, 0.2) is 5.82 Å². The van der Waals surface area contributed by atoms with Crippen molar-refractivity contribution in [1.29, 1.82) is 0 Å². The van der Waals surface area contributed by atoms with Crippen molar-refractivity contribution in [3.8, 4) is 17.3 Å². The predicted molar refractivity (Wildman–Crippen MR) is 175 cm³/mol. The zero-order valence-electron chi connectivity index (χ0n) is 26.3. The summed E-state index contributed by atoms with van der Waals surface area (Å²) in [4.78, 5) is 40.6. The number of likely N-dealkylation sites (tertiary alicyclic amines) is 1. The molecule has 1 aromatic carbocycles. The highest BCUT2D eigenvalue weighted by atomic mass is 35.5. The summed E-state index contributed by atoms with van der Waals surface area (Å²) in [7, 11) is 2.05. The first kappa shape index (κ1) is 31.6. The number of carbonyl (C=O) groups is 1. The van der Waals surface area contributed by atoms with Crippen molar-refractivity contribution in [2.45, 2.75) is 51.3 Å². The van der Waals surface area contributed by atoms with Crippen LogP contribution in [0.25, 0.3) is 37.8 Å². The minimum absolute atomic E-state index is 0.0456. The molecule has 13 heteroatoms. The minimum atomic E-state index is -0.676. The Labute approximate surface area is 272 Å². The predicted octanol–water partition coefficient (Wildman–Crippen LogP) is 5.85. The summed E-state index contributed by atoms with van der Waals surface area (Å²) in [6.45, 7) is 15.3. The van der Waals surface area contributed by atoms with Crippen LogP contribution >= 0.6 is 11.6 Å². The van der Waals surface area contributed by atoms with Crippen molar-refractivity contribution >= 4 is 45.2 Å². The molecule has 46 heavy (non-hydrogen) atoms. The number of pyridine rings is 2. The summed E-state index contributed by atoms with van der Waals surface area (Å²) in [6.07, 6.45) is 6.36. The number of carbonyl (C=O) groups excluding carboxylic acids is 1. The van der Waals surface area contributed by atoms with Gasteiger partial charge < -0.3 is 24.1 Å². The van der Waals surface area contributed by atoms with Crippen molar-refractivity contribution < 1.29 is 18.7 Å². The van der Waals surface area contributed by atoms with Crippen LogP contribution in [0.15, 0.2) is 36.8 Å². The first-order chi connectivity index (χ1) is 22.0. The summed E-state index contributed by atoms with van der Waals surface area (Å²) in [5, 5.41) is 2.24. The van der Waals surface area contributed by atoms with Crippen molar-refractivity contribution in [2.75, 3.05) is 51.3 Å². The van der Waals surface area contributed by atoms with Gasteiger partial charge in [-0.2, -0.15) is 9.97 Å². The van der Waals surface area contributed by atoms with Crippen LogP contribution in [0.5, 0.6) is 6.01 Å². The lowest BCUT2D eigenvalue weighted by Gasteiger charge is -2.40. The molecule has 0 saturated carbocycles. The van der Waals surface area contributed by atoms with Crippen LogP contribution in [-0.4, -0.2) is 99.9 Å². The fourth-order valence-corrected chi connectivity index (χ4v) is 6.40. The average molecular weight is 647 g/mol. The van der Waals surface area contributed by atoms with E-state index in [0.717, 1.165) is 24.8 Å². The lowest BCUT2D eigenvalue weighted by Crippen LogP contribution is -2.57. The standard InChI is InChI=1S/C33H36ClFN8O3/c1-33(2,3)46-32(44)43-13-12-42(18-22(43)15-36-4)30-24-17-38-28(23-16-37-14-20-8-6-10-25(34)26(20)23)27(35)29(24)39-31(40-30)45-19-21-9-7-11-41(21)5/h6,8,10,14,16-17,21-22H,7,9,11-13,15,18-19H2,1-3,5H3/t21-,22-/m0/s1. The maximum absolute atomic E-state index is 16.7. The number of nitrogens with zero attached hydrogens (tertiary/aromatic N) is 8. The molecule has 2 atom stereocenters. The third-order valence-electron chi connectivity index (χ3n) is 8.42. The fourth-order valence-electron chi connectivity index (χ4n) is 6.11. The van der Waals surface area contributed by atoms with Crippen molar-refractivity contribution in [1.82, 2.24) is 29.7 Å². The molecular formula is C33H36ClFN8O3. The van der Waals surface area contributed by atoms with Gasteiger partial charge in [-0.15, -0.1) is 0 Å². The topological polar surface area (TPSA) is 101 Å². The van der Waals surface area contributed by atoms with E-state index < -0.39 is 23.6 Å². The average Bonchev–Trinajstić information content (AvgIpc) is 3.43. The second-order valence-corrected chi connectivity index (χ2v) is 13.1. The zero-order chi connectivity index (χ0) is 32.6. The molecule has 5 heterocycles. The van der Waals surface area contributed by atoms with Gasteiger partial charge in [0.05, 0.1) is 5.39 Å². The number of hydrogen-bond donors (Lipinski definition) is 0. The van der Waals surface area contributed by atoms with Gasteiger partial charge in [-0.3, -0.25) is 14.9 Å². The van der Waals surface area contributed by atoms with Gasteiger partial charge in [0, 0.05) is 65.6 Å². The first-order valence-electron chi connectivity index (χ1n) is 15.3. The molecular weight excluding hydrogens is 611 g/mol. The molecule has 2 fully saturated rings. The van der Waals surface area contributed by atoms with Gasteiger partial charge in [0.1, 0.15) is 35.3 Å². The molecule has 240 valence electrons. The molecule has 3 aromatic heterocycles. The van der Waals surface area contributed by atoms with Gasteiger partial charge in [-0.1, -0.05) is 23.7 Å². The molecule has 0 N–H and O–H groups in total. The molecule has 6 rings (SSSR count). The molecule has 0 spiro atoms. The van der Waals surface area contributed by atoms with Crippen molar-refractivity contribution in [2.24, 2.45) is 0 Å². The van der Waals surface area contributed by atoms with E-state index in [0.29, 0.717) is 40.3 Å². The van der Waals surface area contributed by atoms with Crippen molar-refractivity contribution in [3.63, 3.8) is 0 Å². The number of ether oxygens (including phenoxy) is 2. The Morgan fingerprint density at radius 1 is 1.15 bits per heavy atom. The van der Waals surface area contributed by atoms with Crippen LogP contribution in [0.1, 0.15) is 33.6 Å². The van der Waals surface area contributed by atoms with Gasteiger partial charge in [0.25, 0.3) is 0 Å². The van der Waals surface area contributed by atoms with Crippen LogP contribution in [-0.2, 0) is 4.74 Å². The highest BCUT2D eigenvalue weighted by Gasteiger charge is 2.37. The number of benzene rings is 1. The summed E-state index contributed by atoms with van der Waals surface area (Å²) in [5.41, 5.74) is -0.124. The van der Waals surface area contributed by atoms with Gasteiger partial charge in [-0.05, 0) is 53.3 Å². The van der Waals surface area contributed by atoms with Crippen LogP contribution in [0.4, 0.5) is 15.0 Å². The van der Waals surface area contributed by atoms with Crippen LogP contribution in [0.3, 0.4) is 0 Å². The Bertz CT molecular complexity index is 1820. The smallest absolute Gasteiger partial charge is 0.410 e. The van der Waals surface area contributed by atoms with Crippen LogP contribution < -0.4 is 9.64 Å². The van der Waals surface area contributed by atoms with Gasteiger partial charge in [0.2, 0.25) is 6.54 Å². The second kappa shape index (κ2) is 12.8. The molecule has 0 bridgehead atoms.